The van der Waals surface area contributed by atoms with Crippen LogP contribution in [0.4, 0.5) is 11.6 Å². The van der Waals surface area contributed by atoms with E-state index < -0.39 is 0 Å². The fourth-order valence-electron chi connectivity index (χ4n) is 1.97. The highest BCUT2D eigenvalue weighted by Gasteiger charge is 2.13. The van der Waals surface area contributed by atoms with Crippen LogP contribution in [0.15, 0.2) is 6.33 Å². The molecular formula is C14H26N4O. The molecule has 5 heteroatoms. The molecule has 0 saturated carbocycles. The normalized spacial score (nSPS) is 10.5. The van der Waals surface area contributed by atoms with E-state index in [9.17, 15) is 5.11 Å². The predicted molar refractivity (Wildman–Crippen MR) is 79.8 cm³/mol. The summed E-state index contributed by atoms with van der Waals surface area (Å²) in [6, 6.07) is 0. The Morgan fingerprint density at radius 2 is 2.00 bits per heavy atom. The molecule has 0 saturated heterocycles. The summed E-state index contributed by atoms with van der Waals surface area (Å²) in [7, 11) is 0. The van der Waals surface area contributed by atoms with Gasteiger partial charge in [0.15, 0.2) is 0 Å². The van der Waals surface area contributed by atoms with Crippen molar-refractivity contribution in [2.75, 3.05) is 36.5 Å². The van der Waals surface area contributed by atoms with Crippen molar-refractivity contribution in [1.82, 2.24) is 9.97 Å². The van der Waals surface area contributed by atoms with E-state index in [-0.39, 0.29) is 6.61 Å². The maximum atomic E-state index is 9.20. The topological polar surface area (TPSA) is 61.3 Å². The molecule has 0 aromatic carbocycles. The second-order valence-corrected chi connectivity index (χ2v) is 4.66. The van der Waals surface area contributed by atoms with Gasteiger partial charge < -0.3 is 15.3 Å². The van der Waals surface area contributed by atoms with Crippen molar-refractivity contribution in [2.45, 2.75) is 40.0 Å². The molecule has 0 bridgehead atoms. The fraction of sp³-hybridized carbons (Fsp3) is 0.714. The van der Waals surface area contributed by atoms with Crippen molar-refractivity contribution in [1.29, 1.82) is 0 Å². The molecule has 19 heavy (non-hydrogen) atoms. The van der Waals surface area contributed by atoms with Gasteiger partial charge in [-0.3, -0.25) is 0 Å². The summed E-state index contributed by atoms with van der Waals surface area (Å²) < 4.78 is 0. The standard InChI is InChI=1S/C14H26N4O/c1-4-6-8-18(9-10-19)14-12(3)13(15-7-5-2)16-11-17-14/h11,19H,4-10H2,1-3H3,(H,15,16,17). The molecule has 108 valence electrons. The number of nitrogens with zero attached hydrogens (tertiary/aromatic N) is 3. The lowest BCUT2D eigenvalue weighted by Crippen LogP contribution is -2.29. The largest absolute Gasteiger partial charge is 0.395 e. The number of unbranched alkanes of at least 4 members (excludes halogenated alkanes) is 1. The van der Waals surface area contributed by atoms with E-state index >= 15 is 0 Å². The maximum absolute atomic E-state index is 9.20. The summed E-state index contributed by atoms with van der Waals surface area (Å²) in [6.07, 6.45) is 4.89. The van der Waals surface area contributed by atoms with Crippen LogP contribution in [0, 0.1) is 6.92 Å². The first-order chi connectivity index (χ1) is 9.24. The Hall–Kier alpha value is -1.36. The van der Waals surface area contributed by atoms with Crippen molar-refractivity contribution in [2.24, 2.45) is 0 Å². The molecule has 0 aliphatic heterocycles. The second kappa shape index (κ2) is 8.69. The lowest BCUT2D eigenvalue weighted by molar-refractivity contribution is 0.301. The molecule has 0 spiro atoms. The highest BCUT2D eigenvalue weighted by atomic mass is 16.3. The van der Waals surface area contributed by atoms with Crippen LogP contribution < -0.4 is 10.2 Å². The van der Waals surface area contributed by atoms with E-state index in [0.717, 1.165) is 49.6 Å². The fourth-order valence-corrected chi connectivity index (χ4v) is 1.97. The Labute approximate surface area is 116 Å². The van der Waals surface area contributed by atoms with Gasteiger partial charge in [0, 0.05) is 25.2 Å². The van der Waals surface area contributed by atoms with Crippen LogP contribution in [0.25, 0.3) is 0 Å². The monoisotopic (exact) mass is 266 g/mol. The van der Waals surface area contributed by atoms with Crippen LogP contribution in [0.2, 0.25) is 0 Å². The van der Waals surface area contributed by atoms with E-state index in [1.165, 1.54) is 0 Å². The minimum atomic E-state index is 0.144. The minimum Gasteiger partial charge on any atom is -0.395 e. The highest BCUT2D eigenvalue weighted by molar-refractivity contribution is 5.57. The Kier molecular flexibility index (Phi) is 7.18. The van der Waals surface area contributed by atoms with Crippen LogP contribution in [0.1, 0.15) is 38.7 Å². The SMILES string of the molecule is CCCCN(CCO)c1ncnc(NCCC)c1C. The molecule has 0 fully saturated rings. The summed E-state index contributed by atoms with van der Waals surface area (Å²) in [5.74, 6) is 1.82. The van der Waals surface area contributed by atoms with Gasteiger partial charge in [0.25, 0.3) is 0 Å². The first-order valence-electron chi connectivity index (χ1n) is 7.15. The van der Waals surface area contributed by atoms with Crippen LogP contribution in [-0.4, -0.2) is 41.3 Å². The zero-order valence-electron chi connectivity index (χ0n) is 12.3. The van der Waals surface area contributed by atoms with E-state index in [4.69, 9.17) is 0 Å². The van der Waals surface area contributed by atoms with Crippen LogP contribution in [-0.2, 0) is 0 Å². The molecule has 1 aromatic heterocycles. The maximum Gasteiger partial charge on any atom is 0.137 e. The Morgan fingerprint density at radius 3 is 2.63 bits per heavy atom. The third-order valence-corrected chi connectivity index (χ3v) is 3.05. The number of nitrogens with one attached hydrogen (secondary N) is 1. The Balaban J connectivity index is 2.88. The van der Waals surface area contributed by atoms with Gasteiger partial charge in [0.1, 0.15) is 18.0 Å². The van der Waals surface area contributed by atoms with Gasteiger partial charge in [-0.2, -0.15) is 0 Å². The first-order valence-corrected chi connectivity index (χ1v) is 7.15. The van der Waals surface area contributed by atoms with Gasteiger partial charge in [0.05, 0.1) is 6.61 Å². The quantitative estimate of drug-likeness (QED) is 0.717. The number of aromatic nitrogens is 2. The minimum absolute atomic E-state index is 0.144. The molecule has 1 aromatic rings. The summed E-state index contributed by atoms with van der Waals surface area (Å²) in [5.41, 5.74) is 1.06. The zero-order valence-corrected chi connectivity index (χ0v) is 12.3. The predicted octanol–water partition coefficient (Wildman–Crippen LogP) is 2.21. The molecule has 1 rings (SSSR count). The number of hydrogen-bond acceptors (Lipinski definition) is 5. The lowest BCUT2D eigenvalue weighted by Gasteiger charge is -2.25. The van der Waals surface area contributed by atoms with Crippen LogP contribution >= 0.6 is 0 Å². The zero-order chi connectivity index (χ0) is 14.1. The molecule has 5 nitrogen and oxygen atoms in total. The molecule has 0 aliphatic carbocycles. The van der Waals surface area contributed by atoms with E-state index in [1.54, 1.807) is 6.33 Å². The van der Waals surface area contributed by atoms with E-state index in [0.29, 0.717) is 6.54 Å². The second-order valence-electron chi connectivity index (χ2n) is 4.66. The van der Waals surface area contributed by atoms with Gasteiger partial charge in [-0.1, -0.05) is 20.3 Å². The average molecular weight is 266 g/mol. The van der Waals surface area contributed by atoms with Gasteiger partial charge in [0.2, 0.25) is 0 Å². The molecule has 0 amide bonds. The molecule has 0 atom stereocenters. The van der Waals surface area contributed by atoms with E-state index in [2.05, 4.69) is 34.0 Å². The van der Waals surface area contributed by atoms with Crippen molar-refractivity contribution in [3.05, 3.63) is 11.9 Å². The number of anilines is 2. The molecule has 0 radical (unpaired) electrons. The third-order valence-electron chi connectivity index (χ3n) is 3.05. The number of aliphatic hydroxyl groups is 1. The van der Waals surface area contributed by atoms with Crippen molar-refractivity contribution in [3.8, 4) is 0 Å². The smallest absolute Gasteiger partial charge is 0.137 e. The first kappa shape index (κ1) is 15.7. The van der Waals surface area contributed by atoms with Gasteiger partial charge >= 0.3 is 0 Å². The molecule has 0 aliphatic rings. The van der Waals surface area contributed by atoms with E-state index in [1.807, 2.05) is 6.92 Å². The van der Waals surface area contributed by atoms with Crippen molar-refractivity contribution >= 4 is 11.6 Å². The Morgan fingerprint density at radius 1 is 1.21 bits per heavy atom. The molecule has 2 N–H and O–H groups in total. The van der Waals surface area contributed by atoms with Crippen LogP contribution in [0.3, 0.4) is 0 Å². The van der Waals surface area contributed by atoms with Gasteiger partial charge in [-0.15, -0.1) is 0 Å². The summed E-state index contributed by atoms with van der Waals surface area (Å²) in [5, 5.41) is 12.5. The van der Waals surface area contributed by atoms with Crippen molar-refractivity contribution in [3.63, 3.8) is 0 Å². The van der Waals surface area contributed by atoms with Crippen molar-refractivity contribution < 1.29 is 5.11 Å². The molecule has 1 heterocycles. The molecule has 0 unspecified atom stereocenters. The average Bonchev–Trinajstić information content (AvgIpc) is 2.42. The Bertz CT molecular complexity index is 370. The van der Waals surface area contributed by atoms with Gasteiger partial charge in [-0.25, -0.2) is 9.97 Å². The summed E-state index contributed by atoms with van der Waals surface area (Å²) in [4.78, 5) is 10.8. The number of aliphatic hydroxyl groups excluding tert-OH is 1. The number of hydrogen-bond donors (Lipinski definition) is 2. The van der Waals surface area contributed by atoms with Crippen LogP contribution in [0.5, 0.6) is 0 Å². The third kappa shape index (κ3) is 4.67. The van der Waals surface area contributed by atoms with Gasteiger partial charge in [-0.05, 0) is 19.8 Å². The number of rotatable bonds is 9. The highest BCUT2D eigenvalue weighted by Crippen LogP contribution is 2.22. The lowest BCUT2D eigenvalue weighted by atomic mass is 10.2. The summed E-state index contributed by atoms with van der Waals surface area (Å²) in [6.45, 7) is 8.91. The molecular weight excluding hydrogens is 240 g/mol. The summed E-state index contributed by atoms with van der Waals surface area (Å²) >= 11 is 0.